The molecule has 0 fully saturated rings. The van der Waals surface area contributed by atoms with Crippen LogP contribution < -0.4 is 4.74 Å². The molecule has 8 heteroatoms. The van der Waals surface area contributed by atoms with E-state index in [-0.39, 0.29) is 12.4 Å². The predicted octanol–water partition coefficient (Wildman–Crippen LogP) is 3.44. The van der Waals surface area contributed by atoms with Crippen LogP contribution in [-0.4, -0.2) is 33.3 Å². The van der Waals surface area contributed by atoms with Crippen LogP contribution in [0.3, 0.4) is 0 Å². The highest BCUT2D eigenvalue weighted by atomic mass is 31.2. The van der Waals surface area contributed by atoms with Gasteiger partial charge in [0, 0.05) is 0 Å². The molecule has 0 aromatic heterocycles. The van der Waals surface area contributed by atoms with Crippen LogP contribution in [0.25, 0.3) is 0 Å². The molecule has 6 nitrogen and oxygen atoms in total. The molecule has 2 aromatic rings. The highest BCUT2D eigenvalue weighted by Gasteiger charge is 2.22. The number of ether oxygens (including phenoxy) is 1. The lowest BCUT2D eigenvalue weighted by Gasteiger charge is -2.12. The smallest absolute Gasteiger partial charge is 0.305 e. The molecule has 0 aliphatic heterocycles. The zero-order valence-electron chi connectivity index (χ0n) is 16.1. The molecule has 0 spiro atoms. The molecule has 2 unspecified atom stereocenters. The number of aliphatic carboxylic acids is 1. The van der Waals surface area contributed by atoms with Crippen LogP contribution in [0.5, 0.6) is 5.75 Å². The Balaban J connectivity index is 2.24. The van der Waals surface area contributed by atoms with E-state index in [1.54, 1.807) is 25.1 Å². The first kappa shape index (κ1) is 22.6. The van der Waals surface area contributed by atoms with Gasteiger partial charge >= 0.3 is 5.97 Å². The second-order valence-electron chi connectivity index (χ2n) is 6.74. The van der Waals surface area contributed by atoms with Gasteiger partial charge in [0.05, 0.1) is 24.3 Å². The van der Waals surface area contributed by atoms with E-state index in [9.17, 15) is 23.7 Å². The molecule has 0 bridgehead atoms. The fourth-order valence-electron chi connectivity index (χ4n) is 2.69. The molecule has 0 heterocycles. The number of halogens is 1. The number of carboxylic acid groups (broad SMARTS) is 1. The van der Waals surface area contributed by atoms with Gasteiger partial charge in [-0.1, -0.05) is 24.1 Å². The molecule has 0 saturated carbocycles. The Morgan fingerprint density at radius 3 is 2.52 bits per heavy atom. The van der Waals surface area contributed by atoms with Gasteiger partial charge in [0.15, 0.2) is 0 Å². The molecule has 154 valence electrons. The summed E-state index contributed by atoms with van der Waals surface area (Å²) in [5.74, 6) is 1.44. The number of hydrogen-bond donors (Lipinski definition) is 3. The Bertz CT molecular complexity index is 991. The minimum Gasteiger partial charge on any atom is -0.488 e. The summed E-state index contributed by atoms with van der Waals surface area (Å²) in [5.41, 5.74) is 5.07. The molecule has 0 radical (unpaired) electrons. The minimum atomic E-state index is -4.08. The number of hydrogen-bond acceptors (Lipinski definition) is 4. The summed E-state index contributed by atoms with van der Waals surface area (Å²) < 4.78 is 31.1. The topological polar surface area (TPSA) is 104 Å². The van der Waals surface area contributed by atoms with E-state index in [0.717, 1.165) is 16.7 Å². The van der Waals surface area contributed by atoms with Crippen LogP contribution in [-0.2, 0) is 16.0 Å². The van der Waals surface area contributed by atoms with Crippen LogP contribution in [0.15, 0.2) is 36.4 Å². The molecule has 0 saturated heterocycles. The van der Waals surface area contributed by atoms with Crippen LogP contribution in [0.4, 0.5) is 4.39 Å². The van der Waals surface area contributed by atoms with Gasteiger partial charge in [-0.15, -0.1) is 0 Å². The maximum absolute atomic E-state index is 13.0. The lowest BCUT2D eigenvalue weighted by atomic mass is 10.0. The average molecular weight is 420 g/mol. The van der Waals surface area contributed by atoms with E-state index in [1.807, 2.05) is 13.0 Å². The van der Waals surface area contributed by atoms with Crippen molar-refractivity contribution >= 4 is 13.3 Å². The third kappa shape index (κ3) is 7.35. The number of rotatable bonds is 7. The van der Waals surface area contributed by atoms with Gasteiger partial charge < -0.3 is 19.8 Å². The lowest BCUT2D eigenvalue weighted by Crippen LogP contribution is -2.17. The van der Waals surface area contributed by atoms with E-state index in [2.05, 4.69) is 11.6 Å². The normalized spacial score (nSPS) is 13.7. The highest BCUT2D eigenvalue weighted by Crippen LogP contribution is 2.40. The first-order valence-electron chi connectivity index (χ1n) is 8.79. The van der Waals surface area contributed by atoms with Gasteiger partial charge in [0.2, 0.25) is 0 Å². The second kappa shape index (κ2) is 9.71. The average Bonchev–Trinajstić information content (AvgIpc) is 2.58. The zero-order valence-corrected chi connectivity index (χ0v) is 16.9. The molecular weight excluding hydrogens is 398 g/mol. The van der Waals surface area contributed by atoms with Crippen molar-refractivity contribution in [2.24, 2.45) is 0 Å². The van der Waals surface area contributed by atoms with Gasteiger partial charge in [-0.25, -0.2) is 4.39 Å². The van der Waals surface area contributed by atoms with Crippen molar-refractivity contribution < 1.29 is 33.6 Å². The molecule has 2 aromatic carbocycles. The Labute approximate surface area is 168 Å². The first-order chi connectivity index (χ1) is 13.6. The van der Waals surface area contributed by atoms with Crippen molar-refractivity contribution in [3.05, 3.63) is 64.5 Å². The quantitative estimate of drug-likeness (QED) is 0.468. The molecule has 0 aliphatic rings. The fraction of sp³-hybridized carbons (Fsp3) is 0.286. The number of aliphatic hydroxyl groups excluding tert-OH is 1. The standard InChI is InChI=1S/C21H22FO6P/c1-14-9-15(2)19(7-8-29(26,27)13-18(23)11-21(24)25)20(10-14)28-12-16-3-5-17(22)6-4-16/h3-6,9-10,18,23H,11-13H2,1-2H3,(H,24,25)(H,26,27). The largest absolute Gasteiger partial charge is 0.488 e. The molecule has 0 amide bonds. The van der Waals surface area contributed by atoms with Crippen LogP contribution in [0.2, 0.25) is 0 Å². The summed E-state index contributed by atoms with van der Waals surface area (Å²) in [4.78, 5) is 20.6. The van der Waals surface area contributed by atoms with Gasteiger partial charge in [-0.3, -0.25) is 9.36 Å². The summed E-state index contributed by atoms with van der Waals surface area (Å²) >= 11 is 0. The number of aryl methyl sites for hydroxylation is 2. The van der Waals surface area contributed by atoms with E-state index < -0.39 is 32.0 Å². The SMILES string of the molecule is Cc1cc(C)c(C#CP(=O)(O)CC(O)CC(=O)O)c(OCc2ccc(F)cc2)c1. The third-order valence-electron chi connectivity index (χ3n) is 3.98. The maximum Gasteiger partial charge on any atom is 0.305 e. The first-order valence-corrected chi connectivity index (χ1v) is 10.6. The van der Waals surface area contributed by atoms with Crippen LogP contribution in [0, 0.1) is 31.2 Å². The highest BCUT2D eigenvalue weighted by molar-refractivity contribution is 7.63. The van der Waals surface area contributed by atoms with Crippen molar-refractivity contribution in [3.8, 4) is 17.3 Å². The van der Waals surface area contributed by atoms with Crippen LogP contribution >= 0.6 is 7.37 Å². The van der Waals surface area contributed by atoms with Crippen molar-refractivity contribution in [2.75, 3.05) is 6.16 Å². The van der Waals surface area contributed by atoms with E-state index in [1.165, 1.54) is 12.1 Å². The van der Waals surface area contributed by atoms with Gasteiger partial charge in [0.25, 0.3) is 7.37 Å². The summed E-state index contributed by atoms with van der Waals surface area (Å²) in [6, 6.07) is 9.42. The van der Waals surface area contributed by atoms with Gasteiger partial charge in [0.1, 0.15) is 18.2 Å². The van der Waals surface area contributed by atoms with E-state index >= 15 is 0 Å². The minimum absolute atomic E-state index is 0.159. The number of carboxylic acids is 1. The molecule has 2 rings (SSSR count). The monoisotopic (exact) mass is 420 g/mol. The number of aliphatic hydroxyl groups is 1. The summed E-state index contributed by atoms with van der Waals surface area (Å²) in [5, 5.41) is 18.2. The fourth-order valence-corrected chi connectivity index (χ4v) is 3.76. The molecular formula is C21H22FO6P. The zero-order chi connectivity index (χ0) is 21.6. The summed E-state index contributed by atoms with van der Waals surface area (Å²) in [6.45, 7) is 3.81. The van der Waals surface area contributed by atoms with Crippen molar-refractivity contribution in [2.45, 2.75) is 33.0 Å². The van der Waals surface area contributed by atoms with Crippen molar-refractivity contribution in [3.63, 3.8) is 0 Å². The second-order valence-corrected chi connectivity index (χ2v) is 8.73. The van der Waals surface area contributed by atoms with Crippen LogP contribution in [0.1, 0.15) is 28.7 Å². The predicted molar refractivity (Wildman–Crippen MR) is 106 cm³/mol. The Kier molecular flexibility index (Phi) is 7.58. The summed E-state index contributed by atoms with van der Waals surface area (Å²) in [6.07, 6.45) is -2.74. The van der Waals surface area contributed by atoms with Gasteiger partial charge in [-0.05, 0) is 54.4 Å². The lowest BCUT2D eigenvalue weighted by molar-refractivity contribution is -0.138. The number of benzene rings is 2. The summed E-state index contributed by atoms with van der Waals surface area (Å²) in [7, 11) is -4.08. The Morgan fingerprint density at radius 1 is 1.24 bits per heavy atom. The van der Waals surface area contributed by atoms with E-state index in [4.69, 9.17) is 9.84 Å². The maximum atomic E-state index is 13.0. The van der Waals surface area contributed by atoms with Crippen molar-refractivity contribution in [1.29, 1.82) is 0 Å². The third-order valence-corrected chi connectivity index (χ3v) is 5.35. The molecule has 2 atom stereocenters. The van der Waals surface area contributed by atoms with E-state index in [0.29, 0.717) is 11.3 Å². The Hall–Kier alpha value is -2.65. The number of carbonyl (C=O) groups is 1. The Morgan fingerprint density at radius 2 is 1.90 bits per heavy atom. The molecule has 29 heavy (non-hydrogen) atoms. The molecule has 0 aliphatic carbocycles. The van der Waals surface area contributed by atoms with Crippen molar-refractivity contribution in [1.82, 2.24) is 0 Å². The molecule has 3 N–H and O–H groups in total. The van der Waals surface area contributed by atoms with Gasteiger partial charge in [-0.2, -0.15) is 0 Å².